The molecule has 0 saturated heterocycles. The summed E-state index contributed by atoms with van der Waals surface area (Å²) in [7, 11) is 0. The number of aromatic nitrogens is 2. The second-order valence-electron chi connectivity index (χ2n) is 4.37. The fraction of sp³-hybridized carbons (Fsp3) is 0.357. The van der Waals surface area contributed by atoms with Crippen molar-refractivity contribution in [3.63, 3.8) is 0 Å². The van der Waals surface area contributed by atoms with Gasteiger partial charge in [0.05, 0.1) is 12.9 Å². The number of imidazole rings is 1. The molecule has 3 heteroatoms. The van der Waals surface area contributed by atoms with Crippen molar-refractivity contribution in [1.29, 1.82) is 0 Å². The lowest BCUT2D eigenvalue weighted by Gasteiger charge is -2.09. The number of benzene rings is 1. The molecule has 2 rings (SSSR count). The molecule has 0 amide bonds. The molecule has 0 spiro atoms. The van der Waals surface area contributed by atoms with E-state index in [1.165, 1.54) is 5.56 Å². The maximum atomic E-state index is 5.67. The molecule has 0 aliphatic rings. The van der Waals surface area contributed by atoms with Crippen molar-refractivity contribution in [3.8, 4) is 5.75 Å². The van der Waals surface area contributed by atoms with E-state index in [2.05, 4.69) is 31.0 Å². The summed E-state index contributed by atoms with van der Waals surface area (Å²) in [6, 6.07) is 8.31. The first-order valence-electron chi connectivity index (χ1n) is 5.94. The monoisotopic (exact) mass is 230 g/mol. The molecular weight excluding hydrogens is 212 g/mol. The first-order valence-corrected chi connectivity index (χ1v) is 5.94. The predicted molar refractivity (Wildman–Crippen MR) is 68.3 cm³/mol. The molecule has 0 aliphatic heterocycles. The van der Waals surface area contributed by atoms with E-state index >= 15 is 0 Å². The van der Waals surface area contributed by atoms with Gasteiger partial charge in [-0.3, -0.25) is 0 Å². The number of nitrogens with zero attached hydrogens (tertiary/aromatic N) is 2. The Bertz CT molecular complexity index is 432. The highest BCUT2D eigenvalue weighted by molar-refractivity contribution is 5.28. The fourth-order valence-electron chi connectivity index (χ4n) is 1.64. The van der Waals surface area contributed by atoms with Crippen LogP contribution in [0.1, 0.15) is 25.3 Å². The molecule has 0 N–H and O–H groups in total. The Morgan fingerprint density at radius 1 is 1.24 bits per heavy atom. The predicted octanol–water partition coefficient (Wildman–Crippen LogP) is 3.09. The zero-order valence-electron chi connectivity index (χ0n) is 10.3. The van der Waals surface area contributed by atoms with Crippen molar-refractivity contribution in [1.82, 2.24) is 9.55 Å². The second-order valence-corrected chi connectivity index (χ2v) is 4.37. The van der Waals surface area contributed by atoms with E-state index in [1.54, 1.807) is 12.5 Å². The summed E-state index contributed by atoms with van der Waals surface area (Å²) in [5.74, 6) is 1.49. The molecule has 90 valence electrons. The van der Waals surface area contributed by atoms with Crippen molar-refractivity contribution < 1.29 is 4.74 Å². The summed E-state index contributed by atoms with van der Waals surface area (Å²) in [6.45, 7) is 5.87. The van der Waals surface area contributed by atoms with Crippen molar-refractivity contribution >= 4 is 0 Å². The molecule has 0 aliphatic carbocycles. The van der Waals surface area contributed by atoms with E-state index in [0.717, 1.165) is 12.3 Å². The van der Waals surface area contributed by atoms with Gasteiger partial charge in [0.15, 0.2) is 0 Å². The van der Waals surface area contributed by atoms with Crippen LogP contribution in [0, 0.1) is 0 Å². The van der Waals surface area contributed by atoms with E-state index in [-0.39, 0.29) is 0 Å². The molecule has 1 heterocycles. The van der Waals surface area contributed by atoms with Crippen LogP contribution in [-0.2, 0) is 6.54 Å². The van der Waals surface area contributed by atoms with Gasteiger partial charge in [0, 0.05) is 12.4 Å². The third-order valence-corrected chi connectivity index (χ3v) is 2.72. The lowest BCUT2D eigenvalue weighted by atomic mass is 10.0. The normalized spacial score (nSPS) is 10.8. The molecule has 2 aromatic rings. The minimum Gasteiger partial charge on any atom is -0.492 e. The number of hydrogen-bond acceptors (Lipinski definition) is 2. The van der Waals surface area contributed by atoms with Crippen LogP contribution >= 0.6 is 0 Å². The Labute approximate surface area is 102 Å². The Balaban J connectivity index is 1.83. The van der Waals surface area contributed by atoms with E-state index in [1.807, 2.05) is 22.9 Å². The van der Waals surface area contributed by atoms with Gasteiger partial charge in [0.25, 0.3) is 0 Å². The van der Waals surface area contributed by atoms with Crippen molar-refractivity contribution in [2.24, 2.45) is 0 Å². The Morgan fingerprint density at radius 2 is 2.00 bits per heavy atom. The van der Waals surface area contributed by atoms with Gasteiger partial charge in [-0.2, -0.15) is 0 Å². The number of rotatable bonds is 5. The molecular formula is C14H18N2O. The summed E-state index contributed by atoms with van der Waals surface area (Å²) in [5.41, 5.74) is 1.34. The van der Waals surface area contributed by atoms with Gasteiger partial charge in [-0.25, -0.2) is 4.98 Å². The summed E-state index contributed by atoms with van der Waals surface area (Å²) >= 11 is 0. The van der Waals surface area contributed by atoms with Crippen LogP contribution in [0.25, 0.3) is 0 Å². The summed E-state index contributed by atoms with van der Waals surface area (Å²) in [4.78, 5) is 3.99. The molecule has 0 unspecified atom stereocenters. The van der Waals surface area contributed by atoms with Crippen LogP contribution in [0.15, 0.2) is 43.0 Å². The average Bonchev–Trinajstić information content (AvgIpc) is 2.83. The van der Waals surface area contributed by atoms with Crippen molar-refractivity contribution in [2.75, 3.05) is 6.61 Å². The van der Waals surface area contributed by atoms with Gasteiger partial charge in [0.2, 0.25) is 0 Å². The lowest BCUT2D eigenvalue weighted by Crippen LogP contribution is -2.06. The minimum absolute atomic E-state index is 0.565. The minimum atomic E-state index is 0.565. The van der Waals surface area contributed by atoms with Crippen LogP contribution < -0.4 is 4.74 Å². The summed E-state index contributed by atoms with van der Waals surface area (Å²) in [5, 5.41) is 0. The average molecular weight is 230 g/mol. The van der Waals surface area contributed by atoms with Gasteiger partial charge in [0.1, 0.15) is 12.4 Å². The van der Waals surface area contributed by atoms with Gasteiger partial charge >= 0.3 is 0 Å². The largest absolute Gasteiger partial charge is 0.492 e. The third kappa shape index (κ3) is 3.34. The summed E-state index contributed by atoms with van der Waals surface area (Å²) < 4.78 is 7.67. The van der Waals surface area contributed by atoms with Crippen molar-refractivity contribution in [2.45, 2.75) is 26.3 Å². The second kappa shape index (κ2) is 5.53. The summed E-state index contributed by atoms with van der Waals surface area (Å²) in [6.07, 6.45) is 5.51. The zero-order valence-corrected chi connectivity index (χ0v) is 10.3. The Hall–Kier alpha value is -1.77. The smallest absolute Gasteiger partial charge is 0.119 e. The zero-order chi connectivity index (χ0) is 12.1. The molecule has 0 atom stereocenters. The maximum absolute atomic E-state index is 5.67. The Morgan fingerprint density at radius 3 is 2.59 bits per heavy atom. The van der Waals surface area contributed by atoms with Crippen LogP contribution in [0.5, 0.6) is 5.75 Å². The lowest BCUT2D eigenvalue weighted by molar-refractivity contribution is 0.298. The van der Waals surface area contributed by atoms with Gasteiger partial charge < -0.3 is 9.30 Å². The highest BCUT2D eigenvalue weighted by Crippen LogP contribution is 2.18. The molecule has 3 nitrogen and oxygen atoms in total. The molecule has 0 radical (unpaired) electrons. The standard InChI is InChI=1S/C14H18N2O/c1-12(2)13-3-5-14(6-4-13)17-10-9-16-8-7-15-11-16/h3-8,11-12H,9-10H2,1-2H3. The van der Waals surface area contributed by atoms with Gasteiger partial charge in [-0.1, -0.05) is 26.0 Å². The molecule has 1 aromatic carbocycles. The van der Waals surface area contributed by atoms with Crippen LogP contribution in [0.2, 0.25) is 0 Å². The van der Waals surface area contributed by atoms with Crippen LogP contribution in [0.4, 0.5) is 0 Å². The first-order chi connectivity index (χ1) is 8.25. The quantitative estimate of drug-likeness (QED) is 0.789. The Kier molecular flexibility index (Phi) is 3.81. The van der Waals surface area contributed by atoms with Gasteiger partial charge in [-0.15, -0.1) is 0 Å². The molecule has 0 saturated carbocycles. The molecule has 0 fully saturated rings. The van der Waals surface area contributed by atoms with E-state index in [0.29, 0.717) is 12.5 Å². The molecule has 0 bridgehead atoms. The highest BCUT2D eigenvalue weighted by atomic mass is 16.5. The van der Waals surface area contributed by atoms with Crippen molar-refractivity contribution in [3.05, 3.63) is 48.5 Å². The van der Waals surface area contributed by atoms with E-state index < -0.39 is 0 Å². The van der Waals surface area contributed by atoms with E-state index in [9.17, 15) is 0 Å². The maximum Gasteiger partial charge on any atom is 0.119 e. The SMILES string of the molecule is CC(C)c1ccc(OCCn2ccnc2)cc1. The molecule has 17 heavy (non-hydrogen) atoms. The third-order valence-electron chi connectivity index (χ3n) is 2.72. The van der Waals surface area contributed by atoms with Gasteiger partial charge in [-0.05, 0) is 23.6 Å². The first kappa shape index (κ1) is 11.7. The topological polar surface area (TPSA) is 27.1 Å². The van der Waals surface area contributed by atoms with Crippen LogP contribution in [-0.4, -0.2) is 16.2 Å². The van der Waals surface area contributed by atoms with Crippen LogP contribution in [0.3, 0.4) is 0 Å². The van der Waals surface area contributed by atoms with E-state index in [4.69, 9.17) is 4.74 Å². The number of ether oxygens (including phenoxy) is 1. The highest BCUT2D eigenvalue weighted by Gasteiger charge is 1.99. The molecule has 1 aromatic heterocycles. The number of hydrogen-bond donors (Lipinski definition) is 0. The fourth-order valence-corrected chi connectivity index (χ4v) is 1.64.